The van der Waals surface area contributed by atoms with Crippen molar-refractivity contribution >= 4 is 5.91 Å². The van der Waals surface area contributed by atoms with Gasteiger partial charge in [-0.1, -0.05) is 17.7 Å². The Morgan fingerprint density at radius 1 is 1.00 bits per heavy atom. The summed E-state index contributed by atoms with van der Waals surface area (Å²) in [5, 5.41) is 2.90. The van der Waals surface area contributed by atoms with Crippen LogP contribution in [0.2, 0.25) is 0 Å². The Hall–Kier alpha value is -2.89. The number of carbonyl (C=O) groups is 1. The molecule has 1 N–H and O–H groups in total. The lowest BCUT2D eigenvalue weighted by Gasteiger charge is -2.17. The van der Waals surface area contributed by atoms with Crippen molar-refractivity contribution in [1.82, 2.24) is 5.32 Å². The smallest absolute Gasteiger partial charge is 0.251 e. The predicted molar refractivity (Wildman–Crippen MR) is 99.7 cm³/mol. The van der Waals surface area contributed by atoms with Gasteiger partial charge in [0.2, 0.25) is 5.75 Å². The molecule has 1 amide bonds. The van der Waals surface area contributed by atoms with Crippen molar-refractivity contribution in [3.8, 4) is 23.0 Å². The Balaban J connectivity index is 2.03. The summed E-state index contributed by atoms with van der Waals surface area (Å²) in [7, 11) is 4.54. The molecule has 0 radical (unpaired) electrons. The molecule has 0 saturated carbocycles. The molecule has 6 nitrogen and oxygen atoms in total. The van der Waals surface area contributed by atoms with Crippen LogP contribution in [0.3, 0.4) is 0 Å². The molecule has 140 valence electrons. The lowest BCUT2D eigenvalue weighted by molar-refractivity contribution is 0.0926. The molecule has 0 spiro atoms. The Morgan fingerprint density at radius 2 is 1.58 bits per heavy atom. The van der Waals surface area contributed by atoms with Crippen LogP contribution in [-0.2, 0) is 0 Å². The lowest BCUT2D eigenvalue weighted by Crippen LogP contribution is -2.36. The van der Waals surface area contributed by atoms with Crippen molar-refractivity contribution in [2.75, 3.05) is 27.9 Å². The van der Waals surface area contributed by atoms with E-state index < -0.39 is 0 Å². The summed E-state index contributed by atoms with van der Waals surface area (Å²) < 4.78 is 21.5. The van der Waals surface area contributed by atoms with E-state index in [4.69, 9.17) is 18.9 Å². The molecule has 0 aliphatic heterocycles. The van der Waals surface area contributed by atoms with Gasteiger partial charge in [-0.05, 0) is 38.1 Å². The number of hydrogen-bond acceptors (Lipinski definition) is 5. The van der Waals surface area contributed by atoms with E-state index in [0.717, 1.165) is 5.75 Å². The molecule has 0 heterocycles. The average molecular weight is 359 g/mol. The number of benzene rings is 2. The number of rotatable bonds is 8. The van der Waals surface area contributed by atoms with Gasteiger partial charge in [0, 0.05) is 5.56 Å². The second-order valence-corrected chi connectivity index (χ2v) is 5.91. The number of amides is 1. The van der Waals surface area contributed by atoms with Gasteiger partial charge in [0.1, 0.15) is 12.4 Å². The van der Waals surface area contributed by atoms with Crippen LogP contribution in [0, 0.1) is 6.92 Å². The van der Waals surface area contributed by atoms with Crippen LogP contribution < -0.4 is 24.3 Å². The first-order valence-electron chi connectivity index (χ1n) is 8.28. The van der Waals surface area contributed by atoms with Crippen molar-refractivity contribution in [3.63, 3.8) is 0 Å². The second kappa shape index (κ2) is 8.99. The molecule has 6 heteroatoms. The fourth-order valence-electron chi connectivity index (χ4n) is 2.42. The minimum absolute atomic E-state index is 0.178. The van der Waals surface area contributed by atoms with Gasteiger partial charge in [-0.15, -0.1) is 0 Å². The first kappa shape index (κ1) is 19.4. The van der Waals surface area contributed by atoms with Gasteiger partial charge in [0.25, 0.3) is 5.91 Å². The van der Waals surface area contributed by atoms with E-state index in [-0.39, 0.29) is 11.9 Å². The molecular weight excluding hydrogens is 334 g/mol. The average Bonchev–Trinajstić information content (AvgIpc) is 2.66. The van der Waals surface area contributed by atoms with Gasteiger partial charge < -0.3 is 24.3 Å². The molecule has 2 rings (SSSR count). The summed E-state index contributed by atoms with van der Waals surface area (Å²) in [6.07, 6.45) is 0. The van der Waals surface area contributed by atoms with Crippen LogP contribution in [-0.4, -0.2) is 39.9 Å². The van der Waals surface area contributed by atoms with Crippen molar-refractivity contribution in [2.24, 2.45) is 0 Å². The highest BCUT2D eigenvalue weighted by Crippen LogP contribution is 2.38. The van der Waals surface area contributed by atoms with Crippen LogP contribution >= 0.6 is 0 Å². The van der Waals surface area contributed by atoms with Crippen molar-refractivity contribution in [3.05, 3.63) is 47.5 Å². The van der Waals surface area contributed by atoms with E-state index in [1.54, 1.807) is 12.1 Å². The third-order valence-electron chi connectivity index (χ3n) is 3.83. The van der Waals surface area contributed by atoms with E-state index in [0.29, 0.717) is 29.4 Å². The molecule has 0 saturated heterocycles. The third-order valence-corrected chi connectivity index (χ3v) is 3.83. The van der Waals surface area contributed by atoms with E-state index in [9.17, 15) is 4.79 Å². The van der Waals surface area contributed by atoms with Gasteiger partial charge in [0.05, 0.1) is 27.4 Å². The maximum Gasteiger partial charge on any atom is 0.251 e. The lowest BCUT2D eigenvalue weighted by atomic mass is 10.1. The largest absolute Gasteiger partial charge is 0.493 e. The molecule has 2 aromatic carbocycles. The van der Waals surface area contributed by atoms with Crippen LogP contribution in [0.15, 0.2) is 36.4 Å². The van der Waals surface area contributed by atoms with Crippen LogP contribution in [0.4, 0.5) is 0 Å². The molecule has 0 fully saturated rings. The number of methoxy groups -OCH3 is 3. The van der Waals surface area contributed by atoms with E-state index in [2.05, 4.69) is 5.32 Å². The van der Waals surface area contributed by atoms with Crippen LogP contribution in [0.5, 0.6) is 23.0 Å². The number of aryl methyl sites for hydroxylation is 1. The standard InChI is InChI=1S/C20H25NO5/c1-13-6-8-16(9-7-13)26-12-14(2)21-20(22)15-10-17(23-3)19(25-5)18(11-15)24-4/h6-11,14H,12H2,1-5H3,(H,21,22). The zero-order valence-electron chi connectivity index (χ0n) is 15.8. The highest BCUT2D eigenvalue weighted by Gasteiger charge is 2.18. The number of nitrogens with one attached hydrogen (secondary N) is 1. The molecule has 2 aromatic rings. The van der Waals surface area contributed by atoms with Crippen molar-refractivity contribution < 1.29 is 23.7 Å². The molecule has 0 bridgehead atoms. The minimum atomic E-state index is -0.246. The highest BCUT2D eigenvalue weighted by molar-refractivity contribution is 5.95. The first-order chi connectivity index (χ1) is 12.5. The topological polar surface area (TPSA) is 66.0 Å². The van der Waals surface area contributed by atoms with Crippen LogP contribution in [0.1, 0.15) is 22.8 Å². The minimum Gasteiger partial charge on any atom is -0.493 e. The number of carbonyl (C=O) groups excluding carboxylic acids is 1. The Labute approximate surface area is 154 Å². The van der Waals surface area contributed by atoms with Gasteiger partial charge in [0.15, 0.2) is 11.5 Å². The molecule has 0 aliphatic rings. The third kappa shape index (κ3) is 4.81. The molecule has 0 aliphatic carbocycles. The first-order valence-corrected chi connectivity index (χ1v) is 8.28. The molecule has 0 aromatic heterocycles. The normalized spacial score (nSPS) is 11.4. The fourth-order valence-corrected chi connectivity index (χ4v) is 2.42. The summed E-state index contributed by atoms with van der Waals surface area (Å²) in [6.45, 7) is 4.26. The van der Waals surface area contributed by atoms with Crippen LogP contribution in [0.25, 0.3) is 0 Å². The number of hydrogen-bond donors (Lipinski definition) is 1. The summed E-state index contributed by atoms with van der Waals surface area (Å²) in [5.74, 6) is 1.83. The Morgan fingerprint density at radius 3 is 2.08 bits per heavy atom. The molecule has 26 heavy (non-hydrogen) atoms. The number of ether oxygens (including phenoxy) is 4. The Kier molecular flexibility index (Phi) is 6.72. The zero-order chi connectivity index (χ0) is 19.1. The quantitative estimate of drug-likeness (QED) is 0.784. The van der Waals surface area contributed by atoms with E-state index >= 15 is 0 Å². The molecular formula is C20H25NO5. The second-order valence-electron chi connectivity index (χ2n) is 5.91. The summed E-state index contributed by atoms with van der Waals surface area (Å²) in [6, 6.07) is 10.8. The van der Waals surface area contributed by atoms with Gasteiger partial charge in [-0.2, -0.15) is 0 Å². The maximum atomic E-state index is 12.5. The Bertz CT molecular complexity index is 717. The molecule has 1 unspecified atom stereocenters. The van der Waals surface area contributed by atoms with Gasteiger partial charge in [-0.25, -0.2) is 0 Å². The predicted octanol–water partition coefficient (Wildman–Crippen LogP) is 3.22. The molecule has 1 atom stereocenters. The van der Waals surface area contributed by atoms with Crippen molar-refractivity contribution in [2.45, 2.75) is 19.9 Å². The maximum absolute atomic E-state index is 12.5. The fraction of sp³-hybridized carbons (Fsp3) is 0.350. The van der Waals surface area contributed by atoms with Gasteiger partial charge in [-0.3, -0.25) is 4.79 Å². The monoisotopic (exact) mass is 359 g/mol. The zero-order valence-corrected chi connectivity index (χ0v) is 15.8. The highest BCUT2D eigenvalue weighted by atomic mass is 16.5. The van der Waals surface area contributed by atoms with E-state index in [1.165, 1.54) is 26.9 Å². The summed E-state index contributed by atoms with van der Waals surface area (Å²) in [5.41, 5.74) is 1.59. The van der Waals surface area contributed by atoms with Crippen molar-refractivity contribution in [1.29, 1.82) is 0 Å². The van der Waals surface area contributed by atoms with E-state index in [1.807, 2.05) is 38.1 Å². The summed E-state index contributed by atoms with van der Waals surface area (Å²) in [4.78, 5) is 12.5. The van der Waals surface area contributed by atoms with Gasteiger partial charge >= 0.3 is 0 Å². The SMILES string of the molecule is COc1cc(C(=O)NC(C)COc2ccc(C)cc2)cc(OC)c1OC. The summed E-state index contributed by atoms with van der Waals surface area (Å²) >= 11 is 0.